The third kappa shape index (κ3) is 2.99. The summed E-state index contributed by atoms with van der Waals surface area (Å²) in [6, 6.07) is 10.9. The number of hydrogen-bond acceptors (Lipinski definition) is 3. The first-order chi connectivity index (χ1) is 8.20. The monoisotopic (exact) mass is 293 g/mol. The van der Waals surface area contributed by atoms with Crippen LogP contribution in [0.2, 0.25) is 0 Å². The minimum absolute atomic E-state index is 0.305. The van der Waals surface area contributed by atoms with Gasteiger partial charge in [-0.3, -0.25) is 0 Å². The molecular weight excluding hydrogens is 278 g/mol. The fourth-order valence-corrected chi connectivity index (χ4v) is 2.53. The molecule has 1 aromatic carbocycles. The van der Waals surface area contributed by atoms with Crippen molar-refractivity contribution in [2.75, 3.05) is 31.6 Å². The fourth-order valence-electron chi connectivity index (χ4n) is 2.26. The lowest BCUT2D eigenvalue weighted by Crippen LogP contribution is -2.51. The SMILES string of the molecule is CN1CCN(c2ccc(Br)cc2)C(CC#N)C1. The summed E-state index contributed by atoms with van der Waals surface area (Å²) >= 11 is 3.45. The van der Waals surface area contributed by atoms with Gasteiger partial charge in [-0.15, -0.1) is 0 Å². The van der Waals surface area contributed by atoms with E-state index in [9.17, 15) is 0 Å². The Morgan fingerprint density at radius 1 is 1.35 bits per heavy atom. The number of anilines is 1. The third-order valence-electron chi connectivity index (χ3n) is 3.17. The molecule has 0 spiro atoms. The molecule has 0 saturated carbocycles. The van der Waals surface area contributed by atoms with Gasteiger partial charge in [0, 0.05) is 29.8 Å². The van der Waals surface area contributed by atoms with Crippen molar-refractivity contribution in [1.82, 2.24) is 4.90 Å². The molecule has 1 fully saturated rings. The highest BCUT2D eigenvalue weighted by Crippen LogP contribution is 2.23. The molecule has 1 unspecified atom stereocenters. The maximum atomic E-state index is 8.91. The molecule has 3 nitrogen and oxygen atoms in total. The molecule has 0 bridgehead atoms. The van der Waals surface area contributed by atoms with Gasteiger partial charge in [0.1, 0.15) is 0 Å². The Labute approximate surface area is 111 Å². The Bertz CT molecular complexity index is 410. The molecule has 0 radical (unpaired) electrons. The molecule has 1 aliphatic heterocycles. The van der Waals surface area contributed by atoms with Crippen molar-refractivity contribution in [2.24, 2.45) is 0 Å². The highest BCUT2D eigenvalue weighted by Gasteiger charge is 2.24. The van der Waals surface area contributed by atoms with Gasteiger partial charge in [0.25, 0.3) is 0 Å². The summed E-state index contributed by atoms with van der Waals surface area (Å²) in [7, 11) is 2.11. The lowest BCUT2D eigenvalue weighted by Gasteiger charge is -2.40. The van der Waals surface area contributed by atoms with Gasteiger partial charge < -0.3 is 9.80 Å². The van der Waals surface area contributed by atoms with E-state index in [2.05, 4.69) is 63.1 Å². The molecule has 4 heteroatoms. The number of nitriles is 1. The first kappa shape index (κ1) is 12.4. The van der Waals surface area contributed by atoms with Crippen molar-refractivity contribution in [1.29, 1.82) is 5.26 Å². The summed E-state index contributed by atoms with van der Waals surface area (Å²) in [6.45, 7) is 3.01. The van der Waals surface area contributed by atoms with Gasteiger partial charge >= 0.3 is 0 Å². The smallest absolute Gasteiger partial charge is 0.0643 e. The lowest BCUT2D eigenvalue weighted by molar-refractivity contribution is 0.268. The second-order valence-electron chi connectivity index (χ2n) is 4.45. The van der Waals surface area contributed by atoms with Crippen molar-refractivity contribution in [3.63, 3.8) is 0 Å². The second-order valence-corrected chi connectivity index (χ2v) is 5.36. The zero-order chi connectivity index (χ0) is 12.3. The van der Waals surface area contributed by atoms with E-state index < -0.39 is 0 Å². The van der Waals surface area contributed by atoms with Crippen molar-refractivity contribution in [3.05, 3.63) is 28.7 Å². The second kappa shape index (κ2) is 5.52. The van der Waals surface area contributed by atoms with Crippen LogP contribution in [0.4, 0.5) is 5.69 Å². The summed E-state index contributed by atoms with van der Waals surface area (Å²) in [5.41, 5.74) is 1.21. The van der Waals surface area contributed by atoms with Crippen molar-refractivity contribution in [3.8, 4) is 6.07 Å². The normalized spacial score (nSPS) is 21.2. The van der Waals surface area contributed by atoms with Gasteiger partial charge in [-0.1, -0.05) is 15.9 Å². The topological polar surface area (TPSA) is 30.3 Å². The van der Waals surface area contributed by atoms with Crippen molar-refractivity contribution < 1.29 is 0 Å². The molecule has 17 heavy (non-hydrogen) atoms. The van der Waals surface area contributed by atoms with Gasteiger partial charge in [-0.25, -0.2) is 0 Å². The summed E-state index contributed by atoms with van der Waals surface area (Å²) < 4.78 is 1.09. The third-order valence-corrected chi connectivity index (χ3v) is 3.70. The fraction of sp³-hybridized carbons (Fsp3) is 0.462. The van der Waals surface area contributed by atoms with Crippen LogP contribution >= 0.6 is 15.9 Å². The van der Waals surface area contributed by atoms with Crippen LogP contribution in [0.1, 0.15) is 6.42 Å². The Hall–Kier alpha value is -1.05. The van der Waals surface area contributed by atoms with E-state index in [0.29, 0.717) is 12.5 Å². The molecule has 0 aliphatic carbocycles. The van der Waals surface area contributed by atoms with E-state index in [1.165, 1.54) is 5.69 Å². The molecule has 2 rings (SSSR count). The molecule has 1 saturated heterocycles. The number of piperazine rings is 1. The molecule has 90 valence electrons. The Morgan fingerprint density at radius 2 is 2.06 bits per heavy atom. The van der Waals surface area contributed by atoms with E-state index in [0.717, 1.165) is 24.1 Å². The number of hydrogen-bond donors (Lipinski definition) is 0. The Morgan fingerprint density at radius 3 is 2.71 bits per heavy atom. The van der Waals surface area contributed by atoms with Crippen LogP contribution < -0.4 is 4.90 Å². The number of likely N-dealkylation sites (N-methyl/N-ethyl adjacent to an activating group) is 1. The highest BCUT2D eigenvalue weighted by molar-refractivity contribution is 9.10. The van der Waals surface area contributed by atoms with Gasteiger partial charge in [0.2, 0.25) is 0 Å². The first-order valence-corrected chi connectivity index (χ1v) is 6.57. The minimum Gasteiger partial charge on any atom is -0.365 e. The maximum Gasteiger partial charge on any atom is 0.0643 e. The predicted octanol–water partition coefficient (Wildman–Crippen LogP) is 2.48. The number of benzene rings is 1. The standard InChI is InChI=1S/C13H16BrN3/c1-16-8-9-17(13(10-16)6-7-15)12-4-2-11(14)3-5-12/h2-5,13H,6,8-10H2,1H3. The lowest BCUT2D eigenvalue weighted by atomic mass is 10.1. The van der Waals surface area contributed by atoms with Crippen LogP contribution in [0.3, 0.4) is 0 Å². The van der Waals surface area contributed by atoms with Crippen LogP contribution in [0.15, 0.2) is 28.7 Å². The molecule has 0 aromatic heterocycles. The molecule has 1 aromatic rings. The average Bonchev–Trinajstić information content (AvgIpc) is 2.31. The summed E-state index contributed by atoms with van der Waals surface area (Å²) in [6.07, 6.45) is 0.584. The van der Waals surface area contributed by atoms with E-state index in [-0.39, 0.29) is 0 Å². The highest BCUT2D eigenvalue weighted by atomic mass is 79.9. The number of nitrogens with zero attached hydrogens (tertiary/aromatic N) is 3. The van der Waals surface area contributed by atoms with Gasteiger partial charge in [-0.05, 0) is 31.3 Å². The van der Waals surface area contributed by atoms with Gasteiger partial charge in [-0.2, -0.15) is 5.26 Å². The zero-order valence-electron chi connectivity index (χ0n) is 9.93. The van der Waals surface area contributed by atoms with Crippen LogP contribution in [0.25, 0.3) is 0 Å². The van der Waals surface area contributed by atoms with Gasteiger partial charge in [0.15, 0.2) is 0 Å². The van der Waals surface area contributed by atoms with Crippen molar-refractivity contribution in [2.45, 2.75) is 12.5 Å². The summed E-state index contributed by atoms with van der Waals surface area (Å²) in [5, 5.41) is 8.91. The molecule has 1 aliphatic rings. The van der Waals surface area contributed by atoms with E-state index in [1.54, 1.807) is 0 Å². The average molecular weight is 294 g/mol. The summed E-state index contributed by atoms with van der Waals surface area (Å²) in [5.74, 6) is 0. The van der Waals surface area contributed by atoms with Crippen LogP contribution in [0, 0.1) is 11.3 Å². The van der Waals surface area contributed by atoms with Gasteiger partial charge in [0.05, 0.1) is 18.5 Å². The van der Waals surface area contributed by atoms with E-state index in [1.807, 2.05) is 0 Å². The first-order valence-electron chi connectivity index (χ1n) is 5.78. The molecule has 0 N–H and O–H groups in total. The Balaban J connectivity index is 2.17. The van der Waals surface area contributed by atoms with Crippen LogP contribution in [-0.4, -0.2) is 37.6 Å². The number of rotatable bonds is 2. The largest absolute Gasteiger partial charge is 0.365 e. The predicted molar refractivity (Wildman–Crippen MR) is 73.0 cm³/mol. The van der Waals surface area contributed by atoms with Crippen molar-refractivity contribution >= 4 is 21.6 Å². The van der Waals surface area contributed by atoms with E-state index in [4.69, 9.17) is 5.26 Å². The minimum atomic E-state index is 0.305. The molecular formula is C13H16BrN3. The van der Waals surface area contributed by atoms with Crippen LogP contribution in [0.5, 0.6) is 0 Å². The maximum absolute atomic E-state index is 8.91. The number of halogens is 1. The quantitative estimate of drug-likeness (QED) is 0.839. The molecule has 1 atom stereocenters. The zero-order valence-corrected chi connectivity index (χ0v) is 11.5. The Kier molecular flexibility index (Phi) is 4.03. The summed E-state index contributed by atoms with van der Waals surface area (Å²) in [4.78, 5) is 4.63. The molecule has 0 amide bonds. The van der Waals surface area contributed by atoms with Crippen LogP contribution in [-0.2, 0) is 0 Å². The van der Waals surface area contributed by atoms with E-state index >= 15 is 0 Å². The molecule has 1 heterocycles.